The molecule has 0 saturated carbocycles. The molecule has 2 saturated heterocycles. The minimum Gasteiger partial charge on any atom is -0.306 e. The Labute approximate surface area is 62.6 Å². The number of hydrogen-bond donors (Lipinski definition) is 0. The normalized spacial score (nSPS) is 41.7. The summed E-state index contributed by atoms with van der Waals surface area (Å²) in [5.74, 6) is 0. The predicted octanol–water partition coefficient (Wildman–Crippen LogP) is 0.316. The van der Waals surface area contributed by atoms with Crippen LogP contribution in [0.2, 0.25) is 0 Å². The largest absolute Gasteiger partial charge is 0.306 e. The lowest BCUT2D eigenvalue weighted by molar-refractivity contribution is 0.308. The van der Waals surface area contributed by atoms with Crippen molar-refractivity contribution in [3.05, 3.63) is 0 Å². The molecule has 0 N–H and O–H groups in total. The molecule has 0 aromatic carbocycles. The molecule has 0 bridgehead atoms. The zero-order valence-corrected chi connectivity index (χ0v) is 6.64. The van der Waals surface area contributed by atoms with E-state index in [-0.39, 0.29) is 0 Å². The van der Waals surface area contributed by atoms with Crippen molar-refractivity contribution in [2.45, 2.75) is 12.8 Å². The lowest BCUT2D eigenvalue weighted by atomic mass is 9.87. The highest BCUT2D eigenvalue weighted by Crippen LogP contribution is 2.35. The van der Waals surface area contributed by atoms with Crippen LogP contribution >= 0.6 is 0 Å². The third-order valence-corrected chi connectivity index (χ3v) is 2.88. The maximum absolute atomic E-state index is 4.43. The van der Waals surface area contributed by atoms with Crippen LogP contribution < -0.4 is 5.32 Å². The van der Waals surface area contributed by atoms with Gasteiger partial charge in [0.05, 0.1) is 0 Å². The summed E-state index contributed by atoms with van der Waals surface area (Å²) in [4.78, 5) is 2.43. The molecule has 0 amide bonds. The van der Waals surface area contributed by atoms with Crippen LogP contribution in [0.5, 0.6) is 0 Å². The van der Waals surface area contributed by atoms with Crippen molar-refractivity contribution in [2.24, 2.45) is 5.41 Å². The van der Waals surface area contributed by atoms with Crippen LogP contribution in [0.15, 0.2) is 0 Å². The second kappa shape index (κ2) is 2.21. The van der Waals surface area contributed by atoms with Crippen molar-refractivity contribution >= 4 is 0 Å². The van der Waals surface area contributed by atoms with Crippen molar-refractivity contribution in [1.29, 1.82) is 0 Å². The van der Waals surface area contributed by atoms with Crippen molar-refractivity contribution in [3.8, 4) is 0 Å². The van der Waals surface area contributed by atoms with Crippen LogP contribution in [0.1, 0.15) is 12.8 Å². The van der Waals surface area contributed by atoms with Crippen molar-refractivity contribution in [2.75, 3.05) is 33.2 Å². The highest BCUT2D eigenvalue weighted by molar-refractivity contribution is 4.94. The molecule has 2 aliphatic heterocycles. The number of likely N-dealkylation sites (tertiary alicyclic amines) is 1. The van der Waals surface area contributed by atoms with Gasteiger partial charge in [-0.1, -0.05) is 0 Å². The van der Waals surface area contributed by atoms with E-state index in [1.807, 2.05) is 0 Å². The van der Waals surface area contributed by atoms with E-state index in [0.29, 0.717) is 5.41 Å². The van der Waals surface area contributed by atoms with E-state index in [4.69, 9.17) is 0 Å². The van der Waals surface area contributed by atoms with Gasteiger partial charge in [-0.3, -0.25) is 0 Å². The molecule has 2 fully saturated rings. The van der Waals surface area contributed by atoms with E-state index in [9.17, 15) is 0 Å². The molecule has 0 aromatic heterocycles. The van der Waals surface area contributed by atoms with Crippen molar-refractivity contribution in [1.82, 2.24) is 10.2 Å². The zero-order chi connectivity index (χ0) is 7.03. The number of hydrogen-bond acceptors (Lipinski definition) is 1. The molecule has 0 aliphatic carbocycles. The molecule has 2 nitrogen and oxygen atoms in total. The summed E-state index contributed by atoms with van der Waals surface area (Å²) < 4.78 is 0. The van der Waals surface area contributed by atoms with Gasteiger partial charge in [-0.15, -0.1) is 0 Å². The summed E-state index contributed by atoms with van der Waals surface area (Å²) in [6, 6.07) is 0. The lowest BCUT2D eigenvalue weighted by Gasteiger charge is -2.20. The van der Waals surface area contributed by atoms with E-state index < -0.39 is 0 Å². The Morgan fingerprint density at radius 1 is 1.40 bits per heavy atom. The quantitative estimate of drug-likeness (QED) is 0.472. The van der Waals surface area contributed by atoms with E-state index in [2.05, 4.69) is 17.3 Å². The Morgan fingerprint density at radius 3 is 2.80 bits per heavy atom. The van der Waals surface area contributed by atoms with Gasteiger partial charge >= 0.3 is 0 Å². The molecule has 2 heteroatoms. The molecule has 1 atom stereocenters. The average molecular weight is 139 g/mol. The Hall–Kier alpha value is -0.0800. The number of nitrogens with zero attached hydrogens (tertiary/aromatic N) is 2. The minimum absolute atomic E-state index is 0.620. The van der Waals surface area contributed by atoms with Gasteiger partial charge in [-0.2, -0.15) is 0 Å². The Balaban J connectivity index is 2.03. The van der Waals surface area contributed by atoms with Gasteiger partial charge in [0.2, 0.25) is 0 Å². The fourth-order valence-electron chi connectivity index (χ4n) is 2.20. The monoisotopic (exact) mass is 139 g/mol. The second-order valence-corrected chi connectivity index (χ2v) is 3.84. The van der Waals surface area contributed by atoms with E-state index >= 15 is 0 Å². The van der Waals surface area contributed by atoms with Crippen LogP contribution in [0.3, 0.4) is 0 Å². The first-order valence-corrected chi connectivity index (χ1v) is 4.13. The fourth-order valence-corrected chi connectivity index (χ4v) is 2.20. The summed E-state index contributed by atoms with van der Waals surface area (Å²) in [6.45, 7) is 4.83. The summed E-state index contributed by atoms with van der Waals surface area (Å²) in [6.07, 6.45) is 2.73. The number of rotatable bonds is 0. The first-order chi connectivity index (χ1) is 4.81. The standard InChI is InChI=1S/C8H15N2/c1-10-5-3-8(7-10)2-4-9-6-8/h2-7H2,1H3. The fraction of sp³-hybridized carbons (Fsp3) is 1.00. The van der Waals surface area contributed by atoms with E-state index in [1.54, 1.807) is 0 Å². The lowest BCUT2D eigenvalue weighted by Crippen LogP contribution is -2.25. The first-order valence-electron chi connectivity index (χ1n) is 4.13. The van der Waals surface area contributed by atoms with Crippen LogP contribution in [0.4, 0.5) is 0 Å². The third kappa shape index (κ3) is 0.956. The zero-order valence-electron chi connectivity index (χ0n) is 6.64. The average Bonchev–Trinajstić information content (AvgIpc) is 2.46. The van der Waals surface area contributed by atoms with Gasteiger partial charge in [0.25, 0.3) is 0 Å². The Kier molecular flexibility index (Phi) is 1.46. The molecular weight excluding hydrogens is 124 g/mol. The predicted molar refractivity (Wildman–Crippen MR) is 41.0 cm³/mol. The van der Waals surface area contributed by atoms with Gasteiger partial charge in [0, 0.05) is 19.6 Å². The topological polar surface area (TPSA) is 17.3 Å². The van der Waals surface area contributed by atoms with Gasteiger partial charge in [-0.05, 0) is 31.8 Å². The Morgan fingerprint density at radius 2 is 2.30 bits per heavy atom. The molecule has 0 aromatic rings. The summed E-state index contributed by atoms with van der Waals surface area (Å²) >= 11 is 0. The summed E-state index contributed by atoms with van der Waals surface area (Å²) in [5.41, 5.74) is 0.620. The van der Waals surface area contributed by atoms with Crippen LogP contribution in [-0.2, 0) is 0 Å². The molecule has 1 radical (unpaired) electrons. The summed E-state index contributed by atoms with van der Waals surface area (Å²) in [5, 5.41) is 4.43. The minimum atomic E-state index is 0.620. The molecule has 2 heterocycles. The maximum Gasteiger partial charge on any atom is 0.0203 e. The van der Waals surface area contributed by atoms with Crippen LogP contribution in [0.25, 0.3) is 0 Å². The molecule has 57 valence electrons. The highest BCUT2D eigenvalue weighted by atomic mass is 15.1. The maximum atomic E-state index is 4.43. The Bertz CT molecular complexity index is 127. The van der Waals surface area contributed by atoms with E-state index in [1.165, 1.54) is 25.9 Å². The van der Waals surface area contributed by atoms with Gasteiger partial charge < -0.3 is 4.90 Å². The summed E-state index contributed by atoms with van der Waals surface area (Å²) in [7, 11) is 2.22. The third-order valence-electron chi connectivity index (χ3n) is 2.88. The molecule has 2 rings (SSSR count). The van der Waals surface area contributed by atoms with E-state index in [0.717, 1.165) is 13.1 Å². The smallest absolute Gasteiger partial charge is 0.0203 e. The molecule has 1 spiro atoms. The van der Waals surface area contributed by atoms with Gasteiger partial charge in [0.15, 0.2) is 0 Å². The second-order valence-electron chi connectivity index (χ2n) is 3.84. The van der Waals surface area contributed by atoms with Crippen LogP contribution in [-0.4, -0.2) is 38.1 Å². The molecular formula is C8H15N2. The molecule has 1 unspecified atom stereocenters. The van der Waals surface area contributed by atoms with Gasteiger partial charge in [0.1, 0.15) is 0 Å². The van der Waals surface area contributed by atoms with Crippen LogP contribution in [0, 0.1) is 5.41 Å². The van der Waals surface area contributed by atoms with Gasteiger partial charge in [-0.25, -0.2) is 5.32 Å². The van der Waals surface area contributed by atoms with Crippen molar-refractivity contribution < 1.29 is 0 Å². The molecule has 2 aliphatic rings. The first kappa shape index (κ1) is 6.62. The van der Waals surface area contributed by atoms with Crippen molar-refractivity contribution in [3.63, 3.8) is 0 Å². The SMILES string of the molecule is CN1CCC2(CC[N]C2)C1. The highest BCUT2D eigenvalue weighted by Gasteiger charge is 2.39. The molecule has 10 heavy (non-hydrogen) atoms.